The van der Waals surface area contributed by atoms with E-state index >= 15 is 0 Å². The van der Waals surface area contributed by atoms with E-state index in [0.29, 0.717) is 17.9 Å². The highest BCUT2D eigenvalue weighted by Crippen LogP contribution is 2.22. The number of rotatable bonds is 9. The number of anilines is 1. The monoisotopic (exact) mass is 418 g/mol. The maximum absolute atomic E-state index is 12.4. The quantitative estimate of drug-likeness (QED) is 0.673. The molecule has 1 atom stereocenters. The van der Waals surface area contributed by atoms with Crippen LogP contribution in [0.4, 0.5) is 5.69 Å². The van der Waals surface area contributed by atoms with Gasteiger partial charge in [0.05, 0.1) is 25.1 Å². The lowest BCUT2D eigenvalue weighted by atomic mass is 10.00. The molecule has 158 valence electrons. The van der Waals surface area contributed by atoms with Gasteiger partial charge in [0.15, 0.2) is 0 Å². The zero-order chi connectivity index (χ0) is 21.6. The molecule has 1 N–H and O–H groups in total. The Morgan fingerprint density at radius 2 is 1.79 bits per heavy atom. The first-order chi connectivity index (χ1) is 13.6. The fraction of sp³-hybridized carbons (Fsp3) is 0.409. The van der Waals surface area contributed by atoms with Gasteiger partial charge in [0.25, 0.3) is 0 Å². The number of carbonyl (C=O) groups is 1. The van der Waals surface area contributed by atoms with Crippen molar-refractivity contribution in [1.29, 1.82) is 0 Å². The van der Waals surface area contributed by atoms with Gasteiger partial charge in [-0.15, -0.1) is 0 Å². The van der Waals surface area contributed by atoms with Crippen molar-refractivity contribution in [3.05, 3.63) is 59.2 Å². The van der Waals surface area contributed by atoms with E-state index in [1.165, 1.54) is 10.6 Å². The summed E-state index contributed by atoms with van der Waals surface area (Å²) < 4.78 is 30.8. The Labute approximate surface area is 173 Å². The summed E-state index contributed by atoms with van der Waals surface area (Å²) in [7, 11) is -1.89. The van der Waals surface area contributed by atoms with Crippen LogP contribution in [0.25, 0.3) is 0 Å². The van der Waals surface area contributed by atoms with Crippen molar-refractivity contribution in [2.75, 3.05) is 24.2 Å². The molecule has 0 heterocycles. The highest BCUT2D eigenvalue weighted by atomic mass is 32.2. The molecule has 0 spiro atoms. The predicted octanol–water partition coefficient (Wildman–Crippen LogP) is 3.74. The fourth-order valence-corrected chi connectivity index (χ4v) is 4.20. The average Bonchev–Trinajstić information content (AvgIpc) is 2.66. The minimum Gasteiger partial charge on any atom is -0.497 e. The second-order valence-corrected chi connectivity index (χ2v) is 9.19. The Hall–Kier alpha value is -2.54. The van der Waals surface area contributed by atoms with Crippen LogP contribution < -0.4 is 14.4 Å². The van der Waals surface area contributed by atoms with Crippen molar-refractivity contribution in [2.24, 2.45) is 0 Å². The third-order valence-electron chi connectivity index (χ3n) is 4.80. The third kappa shape index (κ3) is 6.49. The first-order valence-corrected chi connectivity index (χ1v) is 11.4. The lowest BCUT2D eigenvalue weighted by Crippen LogP contribution is -2.32. The Balaban J connectivity index is 1.96. The number of nitrogens with zero attached hydrogens (tertiary/aromatic N) is 1. The zero-order valence-electron chi connectivity index (χ0n) is 17.7. The van der Waals surface area contributed by atoms with Crippen LogP contribution in [-0.4, -0.2) is 34.2 Å². The summed E-state index contributed by atoms with van der Waals surface area (Å²) in [6, 6.07) is 12.9. The lowest BCUT2D eigenvalue weighted by Gasteiger charge is -2.23. The van der Waals surface area contributed by atoms with E-state index < -0.39 is 10.0 Å². The molecule has 0 saturated heterocycles. The van der Waals surface area contributed by atoms with Crippen molar-refractivity contribution in [3.8, 4) is 5.75 Å². The summed E-state index contributed by atoms with van der Waals surface area (Å²) >= 11 is 0. The van der Waals surface area contributed by atoms with Gasteiger partial charge >= 0.3 is 0 Å². The van der Waals surface area contributed by atoms with Gasteiger partial charge in [-0.05, 0) is 62.6 Å². The molecule has 2 aromatic carbocycles. The molecule has 0 aromatic heterocycles. The maximum Gasteiger partial charge on any atom is 0.232 e. The van der Waals surface area contributed by atoms with E-state index in [2.05, 4.69) is 11.4 Å². The highest BCUT2D eigenvalue weighted by Gasteiger charge is 2.18. The third-order valence-corrected chi connectivity index (χ3v) is 6.00. The van der Waals surface area contributed by atoms with Gasteiger partial charge in [0.2, 0.25) is 15.9 Å². The van der Waals surface area contributed by atoms with E-state index in [0.717, 1.165) is 16.7 Å². The SMILES string of the molecule is COc1ccc(N(CCCC(=O)NC(C)c2cc(C)ccc2C)S(C)(=O)=O)cc1. The molecule has 0 radical (unpaired) electrons. The van der Waals surface area contributed by atoms with E-state index in [-0.39, 0.29) is 24.9 Å². The second kappa shape index (κ2) is 9.78. The molecule has 2 rings (SSSR count). The van der Waals surface area contributed by atoms with E-state index in [1.54, 1.807) is 31.4 Å². The topological polar surface area (TPSA) is 75.7 Å². The number of nitrogens with one attached hydrogen (secondary N) is 1. The normalized spacial score (nSPS) is 12.3. The number of benzene rings is 2. The summed E-state index contributed by atoms with van der Waals surface area (Å²) in [4.78, 5) is 12.4. The molecule has 1 amide bonds. The number of hydrogen-bond acceptors (Lipinski definition) is 4. The lowest BCUT2D eigenvalue weighted by molar-refractivity contribution is -0.121. The predicted molar refractivity (Wildman–Crippen MR) is 117 cm³/mol. The van der Waals surface area contributed by atoms with Crippen LogP contribution >= 0.6 is 0 Å². The molecule has 2 aromatic rings. The first-order valence-electron chi connectivity index (χ1n) is 9.60. The Morgan fingerprint density at radius 1 is 1.14 bits per heavy atom. The Kier molecular flexibility index (Phi) is 7.67. The van der Waals surface area contributed by atoms with Crippen molar-refractivity contribution >= 4 is 21.6 Å². The molecule has 1 unspecified atom stereocenters. The number of aryl methyl sites for hydroxylation is 2. The van der Waals surface area contributed by atoms with Crippen LogP contribution in [0.1, 0.15) is 42.5 Å². The minimum absolute atomic E-state index is 0.0958. The molecule has 0 aliphatic carbocycles. The second-order valence-electron chi connectivity index (χ2n) is 7.29. The van der Waals surface area contributed by atoms with Gasteiger partial charge in [-0.25, -0.2) is 8.42 Å². The van der Waals surface area contributed by atoms with Gasteiger partial charge in [-0.1, -0.05) is 23.8 Å². The van der Waals surface area contributed by atoms with Crippen LogP contribution in [0.15, 0.2) is 42.5 Å². The smallest absolute Gasteiger partial charge is 0.232 e. The Bertz CT molecular complexity index is 940. The average molecular weight is 419 g/mol. The van der Waals surface area contributed by atoms with Crippen LogP contribution in [0.2, 0.25) is 0 Å². The molecular weight excluding hydrogens is 388 g/mol. The summed E-state index contributed by atoms with van der Waals surface area (Å²) in [6.45, 7) is 6.24. The van der Waals surface area contributed by atoms with Crippen molar-refractivity contribution < 1.29 is 17.9 Å². The molecule has 0 fully saturated rings. The molecule has 6 nitrogen and oxygen atoms in total. The molecule has 0 saturated carbocycles. The number of amides is 1. The van der Waals surface area contributed by atoms with Crippen molar-refractivity contribution in [1.82, 2.24) is 5.32 Å². The van der Waals surface area contributed by atoms with Gasteiger partial charge < -0.3 is 10.1 Å². The van der Waals surface area contributed by atoms with Gasteiger partial charge in [-0.3, -0.25) is 9.10 Å². The van der Waals surface area contributed by atoms with Crippen LogP contribution in [0.5, 0.6) is 5.75 Å². The first kappa shape index (κ1) is 22.7. The molecule has 7 heteroatoms. The number of methoxy groups -OCH3 is 1. The largest absolute Gasteiger partial charge is 0.497 e. The summed E-state index contributed by atoms with van der Waals surface area (Å²) in [5, 5.41) is 3.01. The van der Waals surface area contributed by atoms with Crippen LogP contribution in [0, 0.1) is 13.8 Å². The van der Waals surface area contributed by atoms with E-state index in [1.807, 2.05) is 32.9 Å². The molecule has 29 heavy (non-hydrogen) atoms. The van der Waals surface area contributed by atoms with Crippen molar-refractivity contribution in [3.63, 3.8) is 0 Å². The Morgan fingerprint density at radius 3 is 2.38 bits per heavy atom. The summed E-state index contributed by atoms with van der Waals surface area (Å²) in [6.07, 6.45) is 1.84. The number of ether oxygens (including phenoxy) is 1. The maximum atomic E-state index is 12.4. The molecule has 0 bridgehead atoms. The van der Waals surface area contributed by atoms with Gasteiger partial charge in [0, 0.05) is 13.0 Å². The van der Waals surface area contributed by atoms with E-state index in [9.17, 15) is 13.2 Å². The number of carbonyl (C=O) groups excluding carboxylic acids is 1. The van der Waals surface area contributed by atoms with E-state index in [4.69, 9.17) is 4.74 Å². The minimum atomic E-state index is -3.45. The fourth-order valence-electron chi connectivity index (χ4n) is 3.24. The van der Waals surface area contributed by atoms with Crippen molar-refractivity contribution in [2.45, 2.75) is 39.7 Å². The van der Waals surface area contributed by atoms with Crippen LogP contribution in [-0.2, 0) is 14.8 Å². The summed E-state index contributed by atoms with van der Waals surface area (Å²) in [5.41, 5.74) is 3.92. The zero-order valence-corrected chi connectivity index (χ0v) is 18.5. The van der Waals surface area contributed by atoms with Gasteiger partial charge in [-0.2, -0.15) is 0 Å². The molecule has 0 aliphatic heterocycles. The summed E-state index contributed by atoms with van der Waals surface area (Å²) in [5.74, 6) is 0.559. The highest BCUT2D eigenvalue weighted by molar-refractivity contribution is 7.92. The standard InChI is InChI=1S/C22H30N2O4S/c1-16-8-9-17(2)21(15-16)18(3)23-22(25)7-6-14-24(29(5,26)27)19-10-12-20(28-4)13-11-19/h8-13,15,18H,6-7,14H2,1-5H3,(H,23,25). The number of sulfonamides is 1. The molecular formula is C22H30N2O4S. The number of hydrogen-bond donors (Lipinski definition) is 1. The van der Waals surface area contributed by atoms with Crippen LogP contribution in [0.3, 0.4) is 0 Å². The van der Waals surface area contributed by atoms with Gasteiger partial charge in [0.1, 0.15) is 5.75 Å². The molecule has 0 aliphatic rings.